The van der Waals surface area contributed by atoms with E-state index >= 15 is 0 Å². The lowest BCUT2D eigenvalue weighted by atomic mass is 10.1. The van der Waals surface area contributed by atoms with Gasteiger partial charge in [0.1, 0.15) is 0 Å². The standard InChI is InChI=1S/C19H18NO4P/c21-18-16-10-4-5-11-17(16)19(22)20(18)12-14-25(23,24)13-6-9-15-7-2-1-3-8-15/h1-11H,12-14H2,(H,23,24)/b9-6+. The van der Waals surface area contributed by atoms with Gasteiger partial charge in [0.15, 0.2) is 0 Å². The van der Waals surface area contributed by atoms with E-state index in [1.54, 1.807) is 36.4 Å². The van der Waals surface area contributed by atoms with Gasteiger partial charge in [0.2, 0.25) is 7.37 Å². The molecule has 3 rings (SSSR count). The summed E-state index contributed by atoms with van der Waals surface area (Å²) in [5.74, 6) is -0.805. The molecule has 2 aromatic carbocycles. The van der Waals surface area contributed by atoms with Crippen molar-refractivity contribution in [1.29, 1.82) is 0 Å². The minimum absolute atomic E-state index is 0.00502. The number of fused-ring (bicyclic) bond motifs is 1. The van der Waals surface area contributed by atoms with Gasteiger partial charge in [-0.3, -0.25) is 19.1 Å². The molecule has 0 saturated heterocycles. The van der Waals surface area contributed by atoms with Gasteiger partial charge in [-0.1, -0.05) is 54.6 Å². The summed E-state index contributed by atoms with van der Waals surface area (Å²) in [6.45, 7) is -0.0562. The lowest BCUT2D eigenvalue weighted by Crippen LogP contribution is -2.32. The third-order valence-electron chi connectivity index (χ3n) is 4.05. The highest BCUT2D eigenvalue weighted by Crippen LogP contribution is 2.40. The highest BCUT2D eigenvalue weighted by Gasteiger charge is 2.35. The molecule has 1 aliphatic heterocycles. The molecule has 0 saturated carbocycles. The number of hydrogen-bond donors (Lipinski definition) is 1. The zero-order valence-electron chi connectivity index (χ0n) is 13.5. The van der Waals surface area contributed by atoms with E-state index in [0.717, 1.165) is 10.5 Å². The molecule has 1 heterocycles. The van der Waals surface area contributed by atoms with Crippen LogP contribution in [-0.4, -0.2) is 40.5 Å². The van der Waals surface area contributed by atoms with Crippen molar-refractivity contribution in [2.45, 2.75) is 0 Å². The van der Waals surface area contributed by atoms with Crippen molar-refractivity contribution in [2.24, 2.45) is 0 Å². The largest absolute Gasteiger partial charge is 0.344 e. The Morgan fingerprint density at radius 1 is 0.920 bits per heavy atom. The van der Waals surface area contributed by atoms with Gasteiger partial charge in [-0.2, -0.15) is 0 Å². The molecule has 1 N–H and O–H groups in total. The molecule has 5 nitrogen and oxygen atoms in total. The van der Waals surface area contributed by atoms with E-state index in [2.05, 4.69) is 0 Å². The van der Waals surface area contributed by atoms with E-state index in [1.807, 2.05) is 30.3 Å². The predicted octanol–water partition coefficient (Wildman–Crippen LogP) is 3.27. The summed E-state index contributed by atoms with van der Waals surface area (Å²) < 4.78 is 12.3. The molecule has 0 aromatic heterocycles. The summed E-state index contributed by atoms with van der Waals surface area (Å²) in [5.41, 5.74) is 1.65. The van der Waals surface area contributed by atoms with Crippen LogP contribution in [0.15, 0.2) is 60.7 Å². The average molecular weight is 355 g/mol. The molecule has 1 unspecified atom stereocenters. The van der Waals surface area contributed by atoms with E-state index in [1.165, 1.54) is 0 Å². The molecule has 0 bridgehead atoms. The highest BCUT2D eigenvalue weighted by molar-refractivity contribution is 7.58. The third kappa shape index (κ3) is 3.95. The monoisotopic (exact) mass is 355 g/mol. The number of amides is 2. The summed E-state index contributed by atoms with van der Waals surface area (Å²) >= 11 is 0. The first-order chi connectivity index (χ1) is 12.0. The molecular weight excluding hydrogens is 337 g/mol. The first kappa shape index (κ1) is 17.3. The number of carbonyl (C=O) groups excluding carboxylic acids is 2. The van der Waals surface area contributed by atoms with Crippen LogP contribution in [0.5, 0.6) is 0 Å². The molecule has 2 aromatic rings. The number of imide groups is 1. The summed E-state index contributed by atoms with van der Waals surface area (Å²) in [6.07, 6.45) is 3.33. The molecule has 25 heavy (non-hydrogen) atoms. The van der Waals surface area contributed by atoms with Gasteiger partial charge in [-0.15, -0.1) is 0 Å². The smallest absolute Gasteiger partial charge is 0.261 e. The maximum absolute atomic E-state index is 12.3. The number of benzene rings is 2. The van der Waals surface area contributed by atoms with Gasteiger partial charge in [-0.05, 0) is 17.7 Å². The SMILES string of the molecule is O=C1c2ccccc2C(=O)N1CCP(=O)(O)C/C=C/c1ccccc1. The summed E-state index contributed by atoms with van der Waals surface area (Å²) in [6, 6.07) is 16.1. The Morgan fingerprint density at radius 3 is 2.08 bits per heavy atom. The topological polar surface area (TPSA) is 74.7 Å². The van der Waals surface area contributed by atoms with Crippen LogP contribution in [0.3, 0.4) is 0 Å². The molecular formula is C19H18NO4P. The molecule has 1 aliphatic rings. The number of nitrogens with zero attached hydrogens (tertiary/aromatic N) is 1. The number of hydrogen-bond acceptors (Lipinski definition) is 3. The first-order valence-electron chi connectivity index (χ1n) is 7.96. The lowest BCUT2D eigenvalue weighted by Gasteiger charge is -2.16. The minimum Gasteiger partial charge on any atom is -0.344 e. The van der Waals surface area contributed by atoms with Crippen LogP contribution in [0.25, 0.3) is 6.08 Å². The van der Waals surface area contributed by atoms with Crippen molar-refractivity contribution in [3.8, 4) is 0 Å². The average Bonchev–Trinajstić information content (AvgIpc) is 2.85. The van der Waals surface area contributed by atoms with E-state index in [-0.39, 0.29) is 18.9 Å². The Bertz CT molecular complexity index is 841. The van der Waals surface area contributed by atoms with Crippen LogP contribution in [0.2, 0.25) is 0 Å². The van der Waals surface area contributed by atoms with Crippen molar-refractivity contribution >= 4 is 25.3 Å². The van der Waals surface area contributed by atoms with Crippen LogP contribution in [0.4, 0.5) is 0 Å². The number of allylic oxidation sites excluding steroid dienone is 1. The molecule has 2 amide bonds. The second kappa shape index (κ2) is 7.18. The fourth-order valence-corrected chi connectivity index (χ4v) is 3.84. The molecule has 0 radical (unpaired) electrons. The Labute approximate surface area is 146 Å². The predicted molar refractivity (Wildman–Crippen MR) is 96.8 cm³/mol. The second-order valence-electron chi connectivity index (χ2n) is 5.87. The zero-order valence-corrected chi connectivity index (χ0v) is 14.4. The number of rotatable bonds is 6. The van der Waals surface area contributed by atoms with Crippen LogP contribution >= 0.6 is 7.37 Å². The van der Waals surface area contributed by atoms with Gasteiger partial charge in [0, 0.05) is 18.9 Å². The number of carbonyl (C=O) groups is 2. The Morgan fingerprint density at radius 2 is 1.48 bits per heavy atom. The van der Waals surface area contributed by atoms with E-state index < -0.39 is 19.2 Å². The van der Waals surface area contributed by atoms with Gasteiger partial charge >= 0.3 is 0 Å². The summed E-state index contributed by atoms with van der Waals surface area (Å²) in [4.78, 5) is 35.6. The maximum Gasteiger partial charge on any atom is 0.261 e. The Hall–Kier alpha value is -2.49. The van der Waals surface area contributed by atoms with Gasteiger partial charge in [0.05, 0.1) is 11.1 Å². The van der Waals surface area contributed by atoms with Crippen molar-refractivity contribution in [1.82, 2.24) is 4.90 Å². The maximum atomic E-state index is 12.3. The fraction of sp³-hybridized carbons (Fsp3) is 0.158. The first-order valence-corrected chi connectivity index (χ1v) is 9.99. The van der Waals surface area contributed by atoms with Gasteiger partial charge in [-0.25, -0.2) is 0 Å². The molecule has 0 aliphatic carbocycles. The van der Waals surface area contributed by atoms with Crippen molar-refractivity contribution in [2.75, 3.05) is 18.9 Å². The third-order valence-corrected chi connectivity index (χ3v) is 5.73. The fourth-order valence-electron chi connectivity index (χ4n) is 2.71. The Balaban J connectivity index is 1.59. The Kier molecular flexibility index (Phi) is 4.98. The summed E-state index contributed by atoms with van der Waals surface area (Å²) in [5, 5.41) is 0. The van der Waals surface area contributed by atoms with E-state index in [4.69, 9.17) is 0 Å². The normalized spacial score (nSPS) is 16.3. The van der Waals surface area contributed by atoms with Crippen molar-refractivity contribution in [3.05, 3.63) is 77.4 Å². The van der Waals surface area contributed by atoms with Crippen molar-refractivity contribution < 1.29 is 19.0 Å². The van der Waals surface area contributed by atoms with Crippen LogP contribution in [0.1, 0.15) is 26.3 Å². The van der Waals surface area contributed by atoms with Crippen molar-refractivity contribution in [3.63, 3.8) is 0 Å². The minimum atomic E-state index is -3.46. The molecule has 128 valence electrons. The molecule has 1 atom stereocenters. The quantitative estimate of drug-likeness (QED) is 0.637. The van der Waals surface area contributed by atoms with Crippen LogP contribution < -0.4 is 0 Å². The molecule has 6 heteroatoms. The van der Waals surface area contributed by atoms with E-state index in [0.29, 0.717) is 11.1 Å². The zero-order chi connectivity index (χ0) is 17.9. The summed E-state index contributed by atoms with van der Waals surface area (Å²) in [7, 11) is -3.46. The molecule has 0 fully saturated rings. The van der Waals surface area contributed by atoms with Crippen LogP contribution in [-0.2, 0) is 4.57 Å². The van der Waals surface area contributed by atoms with Crippen LogP contribution in [0, 0.1) is 0 Å². The van der Waals surface area contributed by atoms with Gasteiger partial charge < -0.3 is 4.89 Å². The van der Waals surface area contributed by atoms with Gasteiger partial charge in [0.25, 0.3) is 11.8 Å². The molecule has 0 spiro atoms. The lowest BCUT2D eigenvalue weighted by molar-refractivity contribution is 0.0663. The van der Waals surface area contributed by atoms with E-state index in [9.17, 15) is 19.0 Å². The second-order valence-corrected chi connectivity index (χ2v) is 8.38. The highest BCUT2D eigenvalue weighted by atomic mass is 31.2.